The normalized spacial score (nSPS) is 16.0. The molecule has 0 heterocycles. The van der Waals surface area contributed by atoms with E-state index in [0.717, 1.165) is 29.1 Å². The van der Waals surface area contributed by atoms with Crippen LogP contribution in [0.4, 0.5) is 5.69 Å². The van der Waals surface area contributed by atoms with Gasteiger partial charge < -0.3 is 10.6 Å². The van der Waals surface area contributed by atoms with Crippen molar-refractivity contribution < 1.29 is 0 Å². The number of hydrogen-bond donors (Lipinski definition) is 2. The number of hydrogen-bond acceptors (Lipinski definition) is 1. The van der Waals surface area contributed by atoms with Crippen LogP contribution in [0.5, 0.6) is 0 Å². The SMILES string of the molecule is Cc1ccc(C)c(NC(=S)NC2(c3ccccc3Cl)CCCC2)c1. The average molecular weight is 359 g/mol. The Bertz CT molecular complexity index is 751. The van der Waals surface area contributed by atoms with E-state index in [0.29, 0.717) is 5.11 Å². The summed E-state index contributed by atoms with van der Waals surface area (Å²) in [6, 6.07) is 14.4. The molecule has 1 saturated carbocycles. The van der Waals surface area contributed by atoms with E-state index in [1.807, 2.05) is 18.2 Å². The van der Waals surface area contributed by atoms with E-state index >= 15 is 0 Å². The van der Waals surface area contributed by atoms with Crippen molar-refractivity contribution in [2.75, 3.05) is 5.32 Å². The first-order chi connectivity index (χ1) is 11.5. The van der Waals surface area contributed by atoms with Crippen LogP contribution in [0, 0.1) is 13.8 Å². The van der Waals surface area contributed by atoms with E-state index in [4.69, 9.17) is 23.8 Å². The van der Waals surface area contributed by atoms with Gasteiger partial charge in [0.2, 0.25) is 0 Å². The summed E-state index contributed by atoms with van der Waals surface area (Å²) in [7, 11) is 0. The standard InChI is InChI=1S/C20H23ClN2S/c1-14-9-10-15(2)18(13-14)22-19(24)23-20(11-5-6-12-20)16-7-3-4-8-17(16)21/h3-4,7-10,13H,5-6,11-12H2,1-2H3,(H2,22,23,24). The van der Waals surface area contributed by atoms with Crippen LogP contribution in [0.15, 0.2) is 42.5 Å². The molecule has 24 heavy (non-hydrogen) atoms. The second kappa shape index (κ2) is 7.12. The lowest BCUT2D eigenvalue weighted by molar-refractivity contribution is 0.408. The average Bonchev–Trinajstić information content (AvgIpc) is 3.00. The van der Waals surface area contributed by atoms with E-state index < -0.39 is 0 Å². The largest absolute Gasteiger partial charge is 0.353 e. The van der Waals surface area contributed by atoms with Gasteiger partial charge in [-0.25, -0.2) is 0 Å². The molecule has 0 unspecified atom stereocenters. The van der Waals surface area contributed by atoms with E-state index in [1.54, 1.807) is 0 Å². The minimum absolute atomic E-state index is 0.167. The molecule has 0 aliphatic heterocycles. The van der Waals surface area contributed by atoms with Crippen LogP contribution < -0.4 is 10.6 Å². The fraction of sp³-hybridized carbons (Fsp3) is 0.350. The molecule has 1 aliphatic carbocycles. The van der Waals surface area contributed by atoms with Crippen molar-refractivity contribution in [1.29, 1.82) is 0 Å². The number of anilines is 1. The van der Waals surface area contributed by atoms with Gasteiger partial charge in [-0.2, -0.15) is 0 Å². The summed E-state index contributed by atoms with van der Waals surface area (Å²) in [6.07, 6.45) is 4.46. The maximum atomic E-state index is 6.48. The Morgan fingerprint density at radius 1 is 1.08 bits per heavy atom. The highest BCUT2D eigenvalue weighted by molar-refractivity contribution is 7.80. The molecule has 2 nitrogen and oxygen atoms in total. The molecule has 2 aromatic rings. The van der Waals surface area contributed by atoms with Crippen LogP contribution in [-0.4, -0.2) is 5.11 Å². The van der Waals surface area contributed by atoms with Crippen molar-refractivity contribution >= 4 is 34.6 Å². The van der Waals surface area contributed by atoms with Crippen LogP contribution >= 0.6 is 23.8 Å². The lowest BCUT2D eigenvalue weighted by Crippen LogP contribution is -2.46. The van der Waals surface area contributed by atoms with E-state index in [-0.39, 0.29) is 5.54 Å². The Morgan fingerprint density at radius 2 is 1.79 bits per heavy atom. The molecule has 0 aromatic heterocycles. The van der Waals surface area contributed by atoms with Crippen molar-refractivity contribution in [3.05, 3.63) is 64.2 Å². The molecule has 3 rings (SSSR count). The maximum absolute atomic E-state index is 6.48. The Kier molecular flexibility index (Phi) is 5.12. The van der Waals surface area contributed by atoms with Gasteiger partial charge in [0.05, 0.1) is 5.54 Å². The highest BCUT2D eigenvalue weighted by Crippen LogP contribution is 2.41. The lowest BCUT2D eigenvalue weighted by Gasteiger charge is -2.33. The number of rotatable bonds is 3. The van der Waals surface area contributed by atoms with Gasteiger partial charge in [-0.3, -0.25) is 0 Å². The first-order valence-electron chi connectivity index (χ1n) is 8.42. The van der Waals surface area contributed by atoms with Crippen LogP contribution in [0.2, 0.25) is 5.02 Å². The molecule has 2 aromatic carbocycles. The monoisotopic (exact) mass is 358 g/mol. The second-order valence-electron chi connectivity index (χ2n) is 6.67. The zero-order valence-corrected chi connectivity index (χ0v) is 15.7. The molecule has 4 heteroatoms. The molecule has 0 atom stereocenters. The summed E-state index contributed by atoms with van der Waals surface area (Å²) in [5.74, 6) is 0. The van der Waals surface area contributed by atoms with Crippen molar-refractivity contribution in [1.82, 2.24) is 5.32 Å². The quantitative estimate of drug-likeness (QED) is 0.687. The van der Waals surface area contributed by atoms with Gasteiger partial charge in [-0.15, -0.1) is 0 Å². The van der Waals surface area contributed by atoms with Crippen molar-refractivity contribution in [3.8, 4) is 0 Å². The molecule has 0 saturated heterocycles. The summed E-state index contributed by atoms with van der Waals surface area (Å²) in [6.45, 7) is 4.17. The van der Waals surface area contributed by atoms with Crippen molar-refractivity contribution in [3.63, 3.8) is 0 Å². The maximum Gasteiger partial charge on any atom is 0.171 e. The summed E-state index contributed by atoms with van der Waals surface area (Å²) in [5, 5.41) is 8.41. The third-order valence-electron chi connectivity index (χ3n) is 4.84. The molecule has 0 bridgehead atoms. The predicted molar refractivity (Wildman–Crippen MR) is 107 cm³/mol. The summed E-state index contributed by atoms with van der Waals surface area (Å²) < 4.78 is 0. The summed E-state index contributed by atoms with van der Waals surface area (Å²) in [4.78, 5) is 0. The second-order valence-corrected chi connectivity index (χ2v) is 7.48. The van der Waals surface area contributed by atoms with Crippen LogP contribution in [0.25, 0.3) is 0 Å². The van der Waals surface area contributed by atoms with Crippen LogP contribution in [-0.2, 0) is 5.54 Å². The first-order valence-corrected chi connectivity index (χ1v) is 9.20. The fourth-order valence-corrected chi connectivity index (χ4v) is 4.15. The third kappa shape index (κ3) is 3.57. The third-order valence-corrected chi connectivity index (χ3v) is 5.37. The minimum atomic E-state index is -0.167. The molecular weight excluding hydrogens is 336 g/mol. The van der Waals surface area contributed by atoms with Gasteiger partial charge in [-0.05, 0) is 67.7 Å². The number of thiocarbonyl (C=S) groups is 1. The number of nitrogens with one attached hydrogen (secondary N) is 2. The van der Waals surface area contributed by atoms with Gasteiger partial charge in [-0.1, -0.05) is 54.8 Å². The van der Waals surface area contributed by atoms with Gasteiger partial charge in [0.15, 0.2) is 5.11 Å². The van der Waals surface area contributed by atoms with Crippen molar-refractivity contribution in [2.45, 2.75) is 45.1 Å². The molecule has 0 spiro atoms. The highest BCUT2D eigenvalue weighted by atomic mass is 35.5. The van der Waals surface area contributed by atoms with Crippen LogP contribution in [0.3, 0.4) is 0 Å². The topological polar surface area (TPSA) is 24.1 Å². The number of halogens is 1. The minimum Gasteiger partial charge on any atom is -0.353 e. The summed E-state index contributed by atoms with van der Waals surface area (Å²) >= 11 is 12.1. The van der Waals surface area contributed by atoms with E-state index in [9.17, 15) is 0 Å². The molecule has 2 N–H and O–H groups in total. The number of aryl methyl sites for hydroxylation is 2. The molecular formula is C20H23ClN2S. The molecule has 0 radical (unpaired) electrons. The molecule has 126 valence electrons. The van der Waals surface area contributed by atoms with E-state index in [1.165, 1.54) is 24.0 Å². The predicted octanol–water partition coefficient (Wildman–Crippen LogP) is 5.71. The Hall–Kier alpha value is -1.58. The first kappa shape index (κ1) is 17.2. The summed E-state index contributed by atoms with van der Waals surface area (Å²) in [5.41, 5.74) is 4.44. The fourth-order valence-electron chi connectivity index (χ4n) is 3.53. The van der Waals surface area contributed by atoms with Gasteiger partial charge in [0.1, 0.15) is 0 Å². The van der Waals surface area contributed by atoms with E-state index in [2.05, 4.69) is 48.7 Å². The molecule has 1 aliphatic rings. The zero-order chi connectivity index (χ0) is 17.2. The van der Waals surface area contributed by atoms with Crippen LogP contribution in [0.1, 0.15) is 42.4 Å². The lowest BCUT2D eigenvalue weighted by atomic mass is 9.88. The number of benzene rings is 2. The van der Waals surface area contributed by atoms with Gasteiger partial charge >= 0.3 is 0 Å². The van der Waals surface area contributed by atoms with Crippen molar-refractivity contribution in [2.24, 2.45) is 0 Å². The molecule has 0 amide bonds. The molecule has 1 fully saturated rings. The Balaban J connectivity index is 1.83. The smallest absolute Gasteiger partial charge is 0.171 e. The van der Waals surface area contributed by atoms with Gasteiger partial charge in [0.25, 0.3) is 0 Å². The Labute approximate surface area is 154 Å². The Morgan fingerprint density at radius 3 is 2.50 bits per heavy atom. The highest BCUT2D eigenvalue weighted by Gasteiger charge is 2.37. The van der Waals surface area contributed by atoms with Gasteiger partial charge in [0, 0.05) is 10.7 Å². The zero-order valence-electron chi connectivity index (χ0n) is 14.2.